The molecule has 0 fully saturated rings. The molecule has 2 aromatic rings. The lowest BCUT2D eigenvalue weighted by molar-refractivity contribution is 0.0769. The first-order chi connectivity index (χ1) is 10.5. The summed E-state index contributed by atoms with van der Waals surface area (Å²) in [6, 6.07) is 11.0. The molecule has 1 atom stereocenters. The molecule has 3 nitrogen and oxygen atoms in total. The lowest BCUT2D eigenvalue weighted by Gasteiger charge is -2.21. The van der Waals surface area contributed by atoms with Crippen molar-refractivity contribution in [3.8, 4) is 0 Å². The summed E-state index contributed by atoms with van der Waals surface area (Å²) in [5, 5.41) is 1.68. The van der Waals surface area contributed by atoms with Gasteiger partial charge >= 0.3 is 0 Å². The van der Waals surface area contributed by atoms with Crippen molar-refractivity contribution in [2.24, 2.45) is 0 Å². The molecule has 0 saturated heterocycles. The number of hydrogen-bond acceptors (Lipinski definition) is 3. The molecule has 0 bridgehead atoms. The molecule has 0 saturated carbocycles. The number of benzene rings is 2. The highest BCUT2D eigenvalue weighted by atomic mass is 35.5. The van der Waals surface area contributed by atoms with E-state index < -0.39 is 0 Å². The van der Waals surface area contributed by atoms with Crippen molar-refractivity contribution in [3.63, 3.8) is 0 Å². The van der Waals surface area contributed by atoms with Gasteiger partial charge in [0.15, 0.2) is 5.76 Å². The van der Waals surface area contributed by atoms with Gasteiger partial charge in [-0.1, -0.05) is 42.8 Å². The monoisotopic (exact) mass is 314 g/mol. The van der Waals surface area contributed by atoms with E-state index in [2.05, 4.69) is 0 Å². The molecule has 0 aliphatic heterocycles. The lowest BCUT2D eigenvalue weighted by atomic mass is 9.90. The van der Waals surface area contributed by atoms with Crippen LogP contribution >= 0.6 is 11.6 Å². The van der Waals surface area contributed by atoms with Gasteiger partial charge in [-0.25, -0.2) is 0 Å². The number of carbonyl (C=O) groups excluding carboxylic acids is 2. The van der Waals surface area contributed by atoms with E-state index >= 15 is 0 Å². The number of carbonyl (C=O) groups is 2. The minimum atomic E-state index is -0.361. The SMILES string of the molecule is CCC(C)OC1=C(Cl)C(=O)c2cc3ccccc3cc2C1=O. The fourth-order valence-corrected chi connectivity index (χ4v) is 2.68. The van der Waals surface area contributed by atoms with Crippen molar-refractivity contribution in [3.05, 3.63) is 58.3 Å². The molecular formula is C18H15ClO3. The van der Waals surface area contributed by atoms with E-state index in [1.54, 1.807) is 12.1 Å². The third-order valence-electron chi connectivity index (χ3n) is 3.87. The summed E-state index contributed by atoms with van der Waals surface area (Å²) in [6.45, 7) is 3.78. The Bertz CT molecular complexity index is 820. The molecule has 112 valence electrons. The van der Waals surface area contributed by atoms with E-state index in [1.165, 1.54) is 0 Å². The Morgan fingerprint density at radius 1 is 1.05 bits per heavy atom. The third-order valence-corrected chi connectivity index (χ3v) is 4.22. The van der Waals surface area contributed by atoms with Gasteiger partial charge in [0.05, 0.1) is 6.10 Å². The molecule has 1 aliphatic carbocycles. The summed E-state index contributed by atoms with van der Waals surface area (Å²) in [4.78, 5) is 25.1. The number of ether oxygens (including phenoxy) is 1. The second kappa shape index (κ2) is 5.58. The van der Waals surface area contributed by atoms with Crippen LogP contribution in [0.15, 0.2) is 47.2 Å². The molecule has 22 heavy (non-hydrogen) atoms. The van der Waals surface area contributed by atoms with Gasteiger partial charge in [0, 0.05) is 11.1 Å². The normalized spacial score (nSPS) is 16.0. The number of ketones is 2. The maximum Gasteiger partial charge on any atom is 0.230 e. The number of rotatable bonds is 3. The fraction of sp³-hybridized carbons (Fsp3) is 0.222. The molecule has 2 aromatic carbocycles. The lowest BCUT2D eigenvalue weighted by Crippen LogP contribution is -2.24. The van der Waals surface area contributed by atoms with Crippen LogP contribution < -0.4 is 0 Å². The summed E-state index contributed by atoms with van der Waals surface area (Å²) in [5.41, 5.74) is 0.691. The van der Waals surface area contributed by atoms with E-state index in [0.29, 0.717) is 11.1 Å². The Hall–Kier alpha value is -2.13. The van der Waals surface area contributed by atoms with Crippen LogP contribution in [0.3, 0.4) is 0 Å². The predicted octanol–water partition coefficient (Wildman–Crippen LogP) is 4.48. The number of Topliss-reactive ketones (excluding diaryl/α,β-unsaturated/α-hetero) is 2. The van der Waals surface area contributed by atoms with Crippen molar-refractivity contribution in [2.45, 2.75) is 26.4 Å². The Morgan fingerprint density at radius 3 is 2.14 bits per heavy atom. The molecule has 1 aliphatic rings. The van der Waals surface area contributed by atoms with Gasteiger partial charge in [-0.15, -0.1) is 0 Å². The molecular weight excluding hydrogens is 300 g/mol. The molecule has 0 aromatic heterocycles. The average molecular weight is 315 g/mol. The highest BCUT2D eigenvalue weighted by Gasteiger charge is 2.33. The van der Waals surface area contributed by atoms with Crippen LogP contribution in [0.5, 0.6) is 0 Å². The summed E-state index contributed by atoms with van der Waals surface area (Å²) >= 11 is 6.09. The quantitative estimate of drug-likeness (QED) is 0.838. The number of allylic oxidation sites excluding steroid dienone is 2. The van der Waals surface area contributed by atoms with E-state index in [1.807, 2.05) is 38.1 Å². The van der Waals surface area contributed by atoms with Crippen molar-refractivity contribution in [1.29, 1.82) is 0 Å². The van der Waals surface area contributed by atoms with Gasteiger partial charge in [-0.05, 0) is 36.2 Å². The van der Waals surface area contributed by atoms with Crippen molar-refractivity contribution in [2.75, 3.05) is 0 Å². The third kappa shape index (κ3) is 2.32. The first kappa shape index (κ1) is 14.8. The zero-order chi connectivity index (χ0) is 15.9. The van der Waals surface area contributed by atoms with E-state index in [4.69, 9.17) is 16.3 Å². The minimum absolute atomic E-state index is 0.0382. The standard InChI is InChI=1S/C18H15ClO3/c1-3-10(2)22-18-15(19)16(20)13-8-11-6-4-5-7-12(11)9-14(13)17(18)21/h4-10H,3H2,1-2H3. The molecule has 4 heteroatoms. The molecule has 3 rings (SSSR count). The molecule has 0 spiro atoms. The zero-order valence-corrected chi connectivity index (χ0v) is 13.1. The van der Waals surface area contributed by atoms with Crippen LogP contribution in [-0.4, -0.2) is 17.7 Å². The van der Waals surface area contributed by atoms with Crippen LogP contribution in [0, 0.1) is 0 Å². The summed E-state index contributed by atoms with van der Waals surface area (Å²) in [5.74, 6) is -0.727. The maximum absolute atomic E-state index is 12.6. The van der Waals surface area contributed by atoms with Crippen LogP contribution in [0.25, 0.3) is 10.8 Å². The number of halogens is 1. The minimum Gasteiger partial charge on any atom is -0.485 e. The van der Waals surface area contributed by atoms with E-state index in [9.17, 15) is 9.59 Å². The molecule has 0 N–H and O–H groups in total. The highest BCUT2D eigenvalue weighted by Crippen LogP contribution is 2.32. The number of hydrogen-bond donors (Lipinski definition) is 0. The summed E-state index contributed by atoms with van der Waals surface area (Å²) in [7, 11) is 0. The van der Waals surface area contributed by atoms with Crippen molar-refractivity contribution >= 4 is 33.9 Å². The van der Waals surface area contributed by atoms with Crippen LogP contribution in [-0.2, 0) is 4.74 Å². The Kier molecular flexibility index (Phi) is 3.75. The second-order valence-electron chi connectivity index (χ2n) is 5.38. The maximum atomic E-state index is 12.6. The average Bonchev–Trinajstić information content (AvgIpc) is 2.55. The summed E-state index contributed by atoms with van der Waals surface area (Å²) in [6.07, 6.45) is 0.544. The van der Waals surface area contributed by atoms with Gasteiger partial charge in [0.25, 0.3) is 0 Å². The van der Waals surface area contributed by atoms with Crippen molar-refractivity contribution < 1.29 is 14.3 Å². The summed E-state index contributed by atoms with van der Waals surface area (Å²) < 4.78 is 5.58. The van der Waals surface area contributed by atoms with Crippen LogP contribution in [0.2, 0.25) is 0 Å². The highest BCUT2D eigenvalue weighted by molar-refractivity contribution is 6.49. The smallest absolute Gasteiger partial charge is 0.230 e. The first-order valence-electron chi connectivity index (χ1n) is 7.21. The zero-order valence-electron chi connectivity index (χ0n) is 12.4. The Balaban J connectivity index is 2.16. The van der Waals surface area contributed by atoms with Crippen LogP contribution in [0.4, 0.5) is 0 Å². The van der Waals surface area contributed by atoms with E-state index in [0.717, 1.165) is 17.2 Å². The topological polar surface area (TPSA) is 43.4 Å². The largest absolute Gasteiger partial charge is 0.485 e. The molecule has 0 amide bonds. The van der Waals surface area contributed by atoms with Gasteiger partial charge in [0.2, 0.25) is 11.6 Å². The Morgan fingerprint density at radius 2 is 1.59 bits per heavy atom. The van der Waals surface area contributed by atoms with Gasteiger partial charge in [-0.3, -0.25) is 9.59 Å². The molecule has 0 radical (unpaired) electrons. The fourth-order valence-electron chi connectivity index (χ4n) is 2.45. The van der Waals surface area contributed by atoms with Gasteiger partial charge in [-0.2, -0.15) is 0 Å². The molecule has 0 heterocycles. The number of fused-ring (bicyclic) bond motifs is 2. The van der Waals surface area contributed by atoms with Gasteiger partial charge in [0.1, 0.15) is 5.03 Å². The molecule has 1 unspecified atom stereocenters. The van der Waals surface area contributed by atoms with Crippen molar-refractivity contribution in [1.82, 2.24) is 0 Å². The van der Waals surface area contributed by atoms with Gasteiger partial charge < -0.3 is 4.74 Å². The van der Waals surface area contributed by atoms with E-state index in [-0.39, 0.29) is 28.5 Å². The second-order valence-corrected chi connectivity index (χ2v) is 5.76. The Labute approximate surface area is 133 Å². The predicted molar refractivity (Wildman–Crippen MR) is 86.3 cm³/mol. The van der Waals surface area contributed by atoms with Crippen LogP contribution in [0.1, 0.15) is 41.0 Å². The first-order valence-corrected chi connectivity index (χ1v) is 7.59.